The van der Waals surface area contributed by atoms with Gasteiger partial charge in [-0.15, -0.1) is 0 Å². The van der Waals surface area contributed by atoms with E-state index < -0.39 is 6.29 Å². The molecule has 6 heteroatoms. The normalized spacial score (nSPS) is 20.8. The first-order valence-corrected chi connectivity index (χ1v) is 9.25. The summed E-state index contributed by atoms with van der Waals surface area (Å²) in [6.45, 7) is 8.73. The van der Waals surface area contributed by atoms with Crippen molar-refractivity contribution in [3.05, 3.63) is 35.4 Å². The standard InChI is InChI=1S/C20H30N2O4/c1-13(2)11-16(22-19(24)17-8-6-5-7-14(17)3)12-21-18-9-10-25-20(18)26-15(4)23/h5-8,13,16,18,20-21H,9-12H2,1-4H3,(H,22,24)/t16-,18+,20+/m1/s1. The van der Waals surface area contributed by atoms with Crippen LogP contribution < -0.4 is 10.6 Å². The highest BCUT2D eigenvalue weighted by molar-refractivity contribution is 5.95. The van der Waals surface area contributed by atoms with Crippen molar-refractivity contribution >= 4 is 11.9 Å². The minimum Gasteiger partial charge on any atom is -0.434 e. The van der Waals surface area contributed by atoms with Crippen LogP contribution in [0.2, 0.25) is 0 Å². The van der Waals surface area contributed by atoms with Crippen LogP contribution in [0.15, 0.2) is 24.3 Å². The Morgan fingerprint density at radius 2 is 2.04 bits per heavy atom. The van der Waals surface area contributed by atoms with Gasteiger partial charge < -0.3 is 20.1 Å². The number of carbonyl (C=O) groups is 2. The van der Waals surface area contributed by atoms with Crippen molar-refractivity contribution in [3.63, 3.8) is 0 Å². The van der Waals surface area contributed by atoms with Gasteiger partial charge in [-0.05, 0) is 37.3 Å². The van der Waals surface area contributed by atoms with E-state index in [0.717, 1.165) is 18.4 Å². The van der Waals surface area contributed by atoms with E-state index in [4.69, 9.17) is 9.47 Å². The number of rotatable bonds is 8. The second-order valence-electron chi connectivity index (χ2n) is 7.27. The average molecular weight is 362 g/mol. The van der Waals surface area contributed by atoms with Crippen LogP contribution in [0, 0.1) is 12.8 Å². The number of hydrogen-bond donors (Lipinski definition) is 2. The summed E-state index contributed by atoms with van der Waals surface area (Å²) in [5.41, 5.74) is 1.66. The van der Waals surface area contributed by atoms with Crippen LogP contribution >= 0.6 is 0 Å². The molecule has 26 heavy (non-hydrogen) atoms. The molecule has 0 saturated carbocycles. The monoisotopic (exact) mass is 362 g/mol. The van der Waals surface area contributed by atoms with Gasteiger partial charge in [0.2, 0.25) is 6.29 Å². The third-order valence-electron chi connectivity index (χ3n) is 4.43. The predicted octanol–water partition coefficient (Wildman–Crippen LogP) is 2.41. The molecule has 1 aliphatic heterocycles. The highest BCUT2D eigenvalue weighted by Gasteiger charge is 2.31. The summed E-state index contributed by atoms with van der Waals surface area (Å²) in [6.07, 6.45) is 1.08. The molecular formula is C20H30N2O4. The van der Waals surface area contributed by atoms with E-state index in [0.29, 0.717) is 24.6 Å². The zero-order valence-electron chi connectivity index (χ0n) is 16.1. The molecule has 2 N–H and O–H groups in total. The van der Waals surface area contributed by atoms with Gasteiger partial charge in [-0.25, -0.2) is 0 Å². The van der Waals surface area contributed by atoms with E-state index in [9.17, 15) is 9.59 Å². The average Bonchev–Trinajstić information content (AvgIpc) is 2.98. The van der Waals surface area contributed by atoms with Crippen LogP contribution in [0.1, 0.15) is 49.5 Å². The minimum absolute atomic E-state index is 0.0133. The lowest BCUT2D eigenvalue weighted by molar-refractivity contribution is -0.170. The Hall–Kier alpha value is -1.92. The van der Waals surface area contributed by atoms with Crippen molar-refractivity contribution in [1.29, 1.82) is 0 Å². The quantitative estimate of drug-likeness (QED) is 0.695. The van der Waals surface area contributed by atoms with E-state index in [1.807, 2.05) is 31.2 Å². The molecule has 0 aliphatic carbocycles. The van der Waals surface area contributed by atoms with E-state index >= 15 is 0 Å². The molecule has 0 spiro atoms. The Kier molecular flexibility index (Phi) is 7.60. The van der Waals surface area contributed by atoms with Gasteiger partial charge in [-0.1, -0.05) is 32.0 Å². The molecule has 0 unspecified atom stereocenters. The molecule has 1 saturated heterocycles. The maximum atomic E-state index is 12.6. The Labute approximate surface area is 155 Å². The van der Waals surface area contributed by atoms with Crippen molar-refractivity contribution in [3.8, 4) is 0 Å². The Morgan fingerprint density at radius 3 is 2.69 bits per heavy atom. The van der Waals surface area contributed by atoms with E-state index in [-0.39, 0.29) is 24.0 Å². The Balaban J connectivity index is 1.95. The zero-order chi connectivity index (χ0) is 19.1. The molecule has 1 aromatic carbocycles. The number of benzene rings is 1. The van der Waals surface area contributed by atoms with Gasteiger partial charge in [-0.2, -0.15) is 0 Å². The summed E-state index contributed by atoms with van der Waals surface area (Å²) in [6, 6.07) is 7.51. The molecule has 1 heterocycles. The van der Waals surface area contributed by atoms with Gasteiger partial charge in [0.15, 0.2) is 0 Å². The van der Waals surface area contributed by atoms with Gasteiger partial charge in [0.05, 0.1) is 12.6 Å². The molecule has 144 valence electrons. The molecule has 1 aliphatic rings. The van der Waals surface area contributed by atoms with Crippen LogP contribution in [0.25, 0.3) is 0 Å². The zero-order valence-corrected chi connectivity index (χ0v) is 16.1. The topological polar surface area (TPSA) is 76.7 Å². The molecule has 3 atom stereocenters. The highest BCUT2D eigenvalue weighted by atomic mass is 16.7. The number of esters is 1. The predicted molar refractivity (Wildman–Crippen MR) is 99.8 cm³/mol. The fourth-order valence-corrected chi connectivity index (χ4v) is 3.19. The molecule has 2 rings (SSSR count). The summed E-state index contributed by atoms with van der Waals surface area (Å²) >= 11 is 0. The number of aryl methyl sites for hydroxylation is 1. The maximum Gasteiger partial charge on any atom is 0.304 e. The van der Waals surface area contributed by atoms with Crippen molar-refractivity contribution in [2.45, 2.75) is 58.9 Å². The number of amides is 1. The largest absolute Gasteiger partial charge is 0.434 e. The molecule has 1 fully saturated rings. The molecule has 0 aromatic heterocycles. The molecular weight excluding hydrogens is 332 g/mol. The smallest absolute Gasteiger partial charge is 0.304 e. The lowest BCUT2D eigenvalue weighted by Gasteiger charge is -2.25. The van der Waals surface area contributed by atoms with Crippen LogP contribution in [-0.4, -0.2) is 43.4 Å². The fraction of sp³-hybridized carbons (Fsp3) is 0.600. The van der Waals surface area contributed by atoms with Gasteiger partial charge in [0.25, 0.3) is 5.91 Å². The minimum atomic E-state index is -0.556. The molecule has 6 nitrogen and oxygen atoms in total. The first-order chi connectivity index (χ1) is 12.4. The van der Waals surface area contributed by atoms with Crippen LogP contribution in [0.3, 0.4) is 0 Å². The summed E-state index contributed by atoms with van der Waals surface area (Å²) in [7, 11) is 0. The fourth-order valence-electron chi connectivity index (χ4n) is 3.19. The van der Waals surface area contributed by atoms with Crippen molar-refractivity contribution in [2.24, 2.45) is 5.92 Å². The Bertz CT molecular complexity index is 618. The molecule has 1 aromatic rings. The van der Waals surface area contributed by atoms with Crippen molar-refractivity contribution < 1.29 is 19.1 Å². The Morgan fingerprint density at radius 1 is 1.31 bits per heavy atom. The number of hydrogen-bond acceptors (Lipinski definition) is 5. The van der Waals surface area contributed by atoms with E-state index in [1.165, 1.54) is 6.92 Å². The second-order valence-corrected chi connectivity index (χ2v) is 7.27. The molecule has 1 amide bonds. The van der Waals surface area contributed by atoms with Gasteiger partial charge in [0, 0.05) is 25.1 Å². The number of ether oxygens (including phenoxy) is 2. The first-order valence-electron chi connectivity index (χ1n) is 9.25. The van der Waals surface area contributed by atoms with Gasteiger partial charge in [-0.3, -0.25) is 9.59 Å². The summed E-state index contributed by atoms with van der Waals surface area (Å²) in [5, 5.41) is 6.53. The first kappa shape index (κ1) is 20.4. The lowest BCUT2D eigenvalue weighted by Crippen LogP contribution is -2.48. The maximum absolute atomic E-state index is 12.6. The van der Waals surface area contributed by atoms with Crippen LogP contribution in [-0.2, 0) is 14.3 Å². The van der Waals surface area contributed by atoms with Gasteiger partial charge in [0.1, 0.15) is 0 Å². The number of nitrogens with one attached hydrogen (secondary N) is 2. The second kappa shape index (κ2) is 9.69. The molecule has 0 bridgehead atoms. The summed E-state index contributed by atoms with van der Waals surface area (Å²) in [4.78, 5) is 23.8. The SMILES string of the molecule is CC(=O)O[C@@H]1OCC[C@@H]1NC[C@@H](CC(C)C)NC(=O)c1ccccc1C. The van der Waals surface area contributed by atoms with Crippen molar-refractivity contribution in [2.75, 3.05) is 13.2 Å². The summed E-state index contributed by atoms with van der Waals surface area (Å²) in [5.74, 6) is 0.0353. The van der Waals surface area contributed by atoms with Crippen molar-refractivity contribution in [1.82, 2.24) is 10.6 Å². The third-order valence-corrected chi connectivity index (χ3v) is 4.43. The lowest BCUT2D eigenvalue weighted by atomic mass is 10.0. The third kappa shape index (κ3) is 6.11. The van der Waals surface area contributed by atoms with Crippen LogP contribution in [0.4, 0.5) is 0 Å². The summed E-state index contributed by atoms with van der Waals surface area (Å²) < 4.78 is 10.7. The molecule has 0 radical (unpaired) electrons. The van der Waals surface area contributed by atoms with Crippen LogP contribution in [0.5, 0.6) is 0 Å². The highest BCUT2D eigenvalue weighted by Crippen LogP contribution is 2.16. The van der Waals surface area contributed by atoms with E-state index in [2.05, 4.69) is 24.5 Å². The number of carbonyl (C=O) groups excluding carboxylic acids is 2. The van der Waals surface area contributed by atoms with E-state index in [1.54, 1.807) is 0 Å². The van der Waals surface area contributed by atoms with Gasteiger partial charge >= 0.3 is 5.97 Å².